The van der Waals surface area contributed by atoms with Crippen molar-refractivity contribution in [3.05, 3.63) is 35.4 Å². The Bertz CT molecular complexity index is 656. The lowest BCUT2D eigenvalue weighted by Gasteiger charge is -2.31. The van der Waals surface area contributed by atoms with E-state index in [0.717, 1.165) is 25.9 Å². The first-order valence-corrected chi connectivity index (χ1v) is 7.93. The topological polar surface area (TPSA) is 78.5 Å². The minimum absolute atomic E-state index is 0.0214. The van der Waals surface area contributed by atoms with Crippen molar-refractivity contribution in [2.24, 2.45) is 5.92 Å². The zero-order chi connectivity index (χ0) is 16.6. The Morgan fingerprint density at radius 2 is 1.96 bits per heavy atom. The number of likely N-dealkylation sites (tertiary alicyclic amines) is 1. The van der Waals surface area contributed by atoms with Gasteiger partial charge in [-0.3, -0.25) is 14.9 Å². The van der Waals surface area contributed by atoms with Crippen LogP contribution in [-0.4, -0.2) is 35.8 Å². The predicted molar refractivity (Wildman–Crippen MR) is 84.8 cm³/mol. The van der Waals surface area contributed by atoms with Crippen LogP contribution in [0.5, 0.6) is 0 Å². The van der Waals surface area contributed by atoms with Gasteiger partial charge in [0.15, 0.2) is 0 Å². The number of benzene rings is 1. The molecule has 2 saturated heterocycles. The van der Waals surface area contributed by atoms with E-state index in [2.05, 4.69) is 17.6 Å². The molecule has 0 saturated carbocycles. The number of imide groups is 1. The van der Waals surface area contributed by atoms with Gasteiger partial charge in [-0.25, -0.2) is 4.79 Å². The summed E-state index contributed by atoms with van der Waals surface area (Å²) in [5, 5.41) is 4.85. The Balaban J connectivity index is 1.78. The lowest BCUT2D eigenvalue weighted by molar-refractivity contribution is -0.123. The van der Waals surface area contributed by atoms with E-state index < -0.39 is 11.6 Å². The maximum absolute atomic E-state index is 12.6. The first kappa shape index (κ1) is 15.5. The number of nitrogens with one attached hydrogen (secondary N) is 2. The molecule has 1 aromatic rings. The molecule has 0 bridgehead atoms. The second-order valence-corrected chi connectivity index (χ2v) is 6.61. The first-order valence-electron chi connectivity index (χ1n) is 7.93. The summed E-state index contributed by atoms with van der Waals surface area (Å²) in [6.45, 7) is 5.39. The molecule has 2 aliphatic heterocycles. The maximum Gasteiger partial charge on any atom is 0.322 e. The Morgan fingerprint density at radius 3 is 2.52 bits per heavy atom. The van der Waals surface area contributed by atoms with E-state index in [0.29, 0.717) is 17.0 Å². The summed E-state index contributed by atoms with van der Waals surface area (Å²) in [5.41, 5.74) is 0.179. The molecule has 3 rings (SSSR count). The Morgan fingerprint density at radius 1 is 1.26 bits per heavy atom. The van der Waals surface area contributed by atoms with Crippen LogP contribution in [0.3, 0.4) is 0 Å². The van der Waals surface area contributed by atoms with Crippen molar-refractivity contribution in [2.75, 3.05) is 13.1 Å². The van der Waals surface area contributed by atoms with E-state index in [-0.39, 0.29) is 11.8 Å². The van der Waals surface area contributed by atoms with E-state index in [9.17, 15) is 14.4 Å². The molecule has 4 amide bonds. The molecule has 2 heterocycles. The van der Waals surface area contributed by atoms with E-state index in [4.69, 9.17) is 0 Å². The number of amides is 4. The molecule has 2 unspecified atom stereocenters. The SMILES string of the molecule is CC1CCCN(C(=O)c2ccc(C3(C)NC(=O)NC3=O)cc2)C1. The Labute approximate surface area is 135 Å². The van der Waals surface area contributed by atoms with Crippen LogP contribution in [0.25, 0.3) is 0 Å². The van der Waals surface area contributed by atoms with Gasteiger partial charge < -0.3 is 10.2 Å². The molecule has 2 atom stereocenters. The van der Waals surface area contributed by atoms with Gasteiger partial charge in [-0.1, -0.05) is 19.1 Å². The summed E-state index contributed by atoms with van der Waals surface area (Å²) in [4.78, 5) is 37.7. The monoisotopic (exact) mass is 315 g/mol. The highest BCUT2D eigenvalue weighted by atomic mass is 16.2. The van der Waals surface area contributed by atoms with Gasteiger partial charge in [0.2, 0.25) is 0 Å². The number of urea groups is 1. The smallest absolute Gasteiger partial charge is 0.322 e. The molecule has 6 heteroatoms. The predicted octanol–water partition coefficient (Wildman–Crippen LogP) is 1.61. The zero-order valence-corrected chi connectivity index (χ0v) is 13.4. The van der Waals surface area contributed by atoms with Crippen LogP contribution in [-0.2, 0) is 10.3 Å². The number of carbonyl (C=O) groups is 3. The molecule has 1 aromatic carbocycles. The van der Waals surface area contributed by atoms with Crippen molar-refractivity contribution >= 4 is 17.8 Å². The molecule has 23 heavy (non-hydrogen) atoms. The lowest BCUT2D eigenvalue weighted by Crippen LogP contribution is -2.41. The minimum atomic E-state index is -1.09. The van der Waals surface area contributed by atoms with Crippen molar-refractivity contribution in [3.63, 3.8) is 0 Å². The molecule has 0 spiro atoms. The molecule has 2 fully saturated rings. The molecule has 2 N–H and O–H groups in total. The number of hydrogen-bond acceptors (Lipinski definition) is 3. The third kappa shape index (κ3) is 2.81. The summed E-state index contributed by atoms with van der Waals surface area (Å²) < 4.78 is 0. The average Bonchev–Trinajstić information content (AvgIpc) is 2.80. The molecule has 0 radical (unpaired) electrons. The van der Waals surface area contributed by atoms with Gasteiger partial charge in [0.25, 0.3) is 11.8 Å². The maximum atomic E-state index is 12.6. The van der Waals surface area contributed by atoms with Gasteiger partial charge in [0.05, 0.1) is 0 Å². The van der Waals surface area contributed by atoms with Crippen LogP contribution in [0.2, 0.25) is 0 Å². The van der Waals surface area contributed by atoms with Gasteiger partial charge >= 0.3 is 6.03 Å². The fourth-order valence-electron chi connectivity index (χ4n) is 3.25. The fraction of sp³-hybridized carbons (Fsp3) is 0.471. The highest BCUT2D eigenvalue weighted by Crippen LogP contribution is 2.25. The van der Waals surface area contributed by atoms with Crippen molar-refractivity contribution in [2.45, 2.75) is 32.2 Å². The molecule has 0 aromatic heterocycles. The van der Waals surface area contributed by atoms with Crippen LogP contribution in [0.4, 0.5) is 4.79 Å². The van der Waals surface area contributed by atoms with Gasteiger partial charge in [-0.05, 0) is 43.4 Å². The molecule has 122 valence electrons. The number of piperidine rings is 1. The van der Waals surface area contributed by atoms with Gasteiger partial charge in [0, 0.05) is 18.7 Å². The fourth-order valence-corrected chi connectivity index (χ4v) is 3.25. The third-order valence-corrected chi connectivity index (χ3v) is 4.70. The highest BCUT2D eigenvalue weighted by molar-refractivity contribution is 6.07. The summed E-state index contributed by atoms with van der Waals surface area (Å²) in [5.74, 6) is 0.169. The largest absolute Gasteiger partial charge is 0.338 e. The van der Waals surface area contributed by atoms with Crippen LogP contribution < -0.4 is 10.6 Å². The Kier molecular flexibility index (Phi) is 3.83. The van der Waals surface area contributed by atoms with Crippen LogP contribution >= 0.6 is 0 Å². The minimum Gasteiger partial charge on any atom is -0.338 e. The summed E-state index contributed by atoms with van der Waals surface area (Å²) in [6.07, 6.45) is 2.20. The quantitative estimate of drug-likeness (QED) is 0.814. The number of hydrogen-bond donors (Lipinski definition) is 2. The van der Waals surface area contributed by atoms with E-state index >= 15 is 0 Å². The summed E-state index contributed by atoms with van der Waals surface area (Å²) >= 11 is 0. The van der Waals surface area contributed by atoms with Crippen molar-refractivity contribution in [1.82, 2.24) is 15.5 Å². The zero-order valence-electron chi connectivity index (χ0n) is 13.4. The highest BCUT2D eigenvalue weighted by Gasteiger charge is 2.43. The number of carbonyl (C=O) groups excluding carboxylic acids is 3. The second kappa shape index (κ2) is 5.68. The standard InChI is InChI=1S/C17H21N3O3/c1-11-4-3-9-20(10-11)14(21)12-5-7-13(8-6-12)17(2)15(22)18-16(23)19-17/h5-8,11H,3-4,9-10H2,1-2H3,(H2,18,19,22,23). The van der Waals surface area contributed by atoms with Crippen LogP contribution in [0.1, 0.15) is 42.6 Å². The molecular formula is C17H21N3O3. The van der Waals surface area contributed by atoms with Crippen molar-refractivity contribution < 1.29 is 14.4 Å². The van der Waals surface area contributed by atoms with Gasteiger partial charge in [-0.2, -0.15) is 0 Å². The summed E-state index contributed by atoms with van der Waals surface area (Å²) in [6, 6.07) is 6.40. The van der Waals surface area contributed by atoms with Gasteiger partial charge in [0.1, 0.15) is 5.54 Å². The van der Waals surface area contributed by atoms with Crippen molar-refractivity contribution in [1.29, 1.82) is 0 Å². The van der Waals surface area contributed by atoms with E-state index in [1.807, 2.05) is 4.90 Å². The Hall–Kier alpha value is -2.37. The van der Waals surface area contributed by atoms with Gasteiger partial charge in [-0.15, -0.1) is 0 Å². The van der Waals surface area contributed by atoms with Crippen LogP contribution in [0.15, 0.2) is 24.3 Å². The van der Waals surface area contributed by atoms with E-state index in [1.165, 1.54) is 0 Å². The molecular weight excluding hydrogens is 294 g/mol. The van der Waals surface area contributed by atoms with E-state index in [1.54, 1.807) is 31.2 Å². The number of rotatable bonds is 2. The van der Waals surface area contributed by atoms with Crippen molar-refractivity contribution in [3.8, 4) is 0 Å². The normalized spacial score (nSPS) is 27.6. The molecule has 2 aliphatic rings. The molecule has 6 nitrogen and oxygen atoms in total. The summed E-state index contributed by atoms with van der Waals surface area (Å²) in [7, 11) is 0. The lowest BCUT2D eigenvalue weighted by atomic mass is 9.91. The third-order valence-electron chi connectivity index (χ3n) is 4.70. The number of nitrogens with zero attached hydrogens (tertiary/aromatic N) is 1. The molecule has 0 aliphatic carbocycles. The van der Waals surface area contributed by atoms with Crippen LogP contribution in [0, 0.1) is 5.92 Å². The second-order valence-electron chi connectivity index (χ2n) is 6.61. The average molecular weight is 315 g/mol. The first-order chi connectivity index (χ1) is 10.9.